The van der Waals surface area contributed by atoms with Gasteiger partial charge in [0.2, 0.25) is 10.0 Å². The van der Waals surface area contributed by atoms with Crippen molar-refractivity contribution in [2.75, 3.05) is 14.2 Å². The maximum absolute atomic E-state index is 12.8. The molecular weight excluding hydrogens is 490 g/mol. The van der Waals surface area contributed by atoms with E-state index in [1.807, 2.05) is 17.5 Å². The minimum absolute atomic E-state index is 0.0210. The highest BCUT2D eigenvalue weighted by molar-refractivity contribution is 7.89. The summed E-state index contributed by atoms with van der Waals surface area (Å²) in [4.78, 5) is 13.7. The molecule has 0 saturated heterocycles. The fourth-order valence-electron chi connectivity index (χ4n) is 3.21. The average molecular weight is 512 g/mol. The topological polar surface area (TPSA) is 138 Å². The van der Waals surface area contributed by atoms with Gasteiger partial charge in [-0.25, -0.2) is 23.7 Å². The molecule has 180 valence electrons. The lowest BCUT2D eigenvalue weighted by molar-refractivity contribution is 0.0949. The monoisotopic (exact) mass is 511 g/mol. The van der Waals surface area contributed by atoms with Crippen molar-refractivity contribution in [1.82, 2.24) is 15.2 Å². The van der Waals surface area contributed by atoms with E-state index in [1.54, 1.807) is 48.2 Å². The number of primary sulfonamides is 1. The second-order valence-corrected chi connectivity index (χ2v) is 9.66. The molecule has 2 aromatic heterocycles. The molecule has 2 heterocycles. The Kier molecular flexibility index (Phi) is 6.96. The normalized spacial score (nSPS) is 11.5. The standard InChI is InChI=1S/C23H21N5O5S2/c1-32-17-8-5-15(21(12-17)33-2)14-25-26-23(29)19-13-20(22-4-3-11-34-22)28(27-19)16-6-9-18(10-7-16)35(24,30)31/h3-14H,1-2H3,(H,26,29)(H2,24,30,31)/b25-14-. The highest BCUT2D eigenvalue weighted by Gasteiger charge is 2.18. The number of rotatable bonds is 8. The van der Waals surface area contributed by atoms with Gasteiger partial charge in [-0.2, -0.15) is 10.2 Å². The average Bonchev–Trinajstić information content (AvgIpc) is 3.54. The predicted molar refractivity (Wildman–Crippen MR) is 133 cm³/mol. The number of hydrazone groups is 1. The van der Waals surface area contributed by atoms with Crippen molar-refractivity contribution in [3.8, 4) is 27.8 Å². The quantitative estimate of drug-likeness (QED) is 0.275. The van der Waals surface area contributed by atoms with E-state index in [4.69, 9.17) is 14.6 Å². The number of methoxy groups -OCH3 is 2. The largest absolute Gasteiger partial charge is 0.497 e. The molecule has 35 heavy (non-hydrogen) atoms. The molecule has 3 N–H and O–H groups in total. The Bertz CT molecular complexity index is 1480. The number of carbonyl (C=O) groups is 1. The minimum atomic E-state index is -3.83. The van der Waals surface area contributed by atoms with Crippen molar-refractivity contribution in [3.63, 3.8) is 0 Å². The highest BCUT2D eigenvalue weighted by atomic mass is 32.2. The fourth-order valence-corrected chi connectivity index (χ4v) is 4.45. The van der Waals surface area contributed by atoms with Crippen molar-refractivity contribution in [1.29, 1.82) is 0 Å². The van der Waals surface area contributed by atoms with Crippen LogP contribution in [0.25, 0.3) is 16.3 Å². The first-order valence-corrected chi connectivity index (χ1v) is 12.6. The lowest BCUT2D eigenvalue weighted by Gasteiger charge is -2.07. The molecule has 0 unspecified atom stereocenters. The summed E-state index contributed by atoms with van der Waals surface area (Å²) in [5.41, 5.74) is 4.47. The predicted octanol–water partition coefficient (Wildman–Crippen LogP) is 3.03. The Morgan fingerprint density at radius 2 is 1.89 bits per heavy atom. The van der Waals surface area contributed by atoms with E-state index in [-0.39, 0.29) is 10.6 Å². The number of aromatic nitrogens is 2. The van der Waals surface area contributed by atoms with Crippen molar-refractivity contribution >= 4 is 33.5 Å². The lowest BCUT2D eigenvalue weighted by Crippen LogP contribution is -2.18. The van der Waals surface area contributed by atoms with Crippen LogP contribution in [0.5, 0.6) is 11.5 Å². The van der Waals surface area contributed by atoms with Crippen LogP contribution in [0, 0.1) is 0 Å². The Balaban J connectivity index is 1.61. The van der Waals surface area contributed by atoms with Crippen LogP contribution in [0.4, 0.5) is 0 Å². The third-order valence-corrected chi connectivity index (χ3v) is 6.76. The second-order valence-electron chi connectivity index (χ2n) is 7.15. The van der Waals surface area contributed by atoms with E-state index in [0.29, 0.717) is 28.4 Å². The Hall–Kier alpha value is -4.00. The third-order valence-electron chi connectivity index (χ3n) is 4.94. The summed E-state index contributed by atoms with van der Waals surface area (Å²) >= 11 is 1.48. The van der Waals surface area contributed by atoms with E-state index in [9.17, 15) is 13.2 Å². The molecule has 12 heteroatoms. The van der Waals surface area contributed by atoms with Crippen LogP contribution in [-0.4, -0.2) is 44.5 Å². The van der Waals surface area contributed by atoms with Gasteiger partial charge in [-0.15, -0.1) is 11.3 Å². The van der Waals surface area contributed by atoms with Gasteiger partial charge in [0.1, 0.15) is 11.5 Å². The number of benzene rings is 2. The molecule has 0 saturated carbocycles. The number of nitrogens with zero attached hydrogens (tertiary/aromatic N) is 3. The number of nitrogens with two attached hydrogens (primary N) is 1. The molecule has 2 aromatic carbocycles. The summed E-state index contributed by atoms with van der Waals surface area (Å²) in [5, 5.41) is 15.5. The molecule has 0 radical (unpaired) electrons. The zero-order valence-corrected chi connectivity index (χ0v) is 20.3. The van der Waals surface area contributed by atoms with Crippen LogP contribution in [0.2, 0.25) is 0 Å². The van der Waals surface area contributed by atoms with Crippen LogP contribution in [0.15, 0.2) is 76.0 Å². The van der Waals surface area contributed by atoms with Gasteiger partial charge in [-0.1, -0.05) is 6.07 Å². The Morgan fingerprint density at radius 1 is 1.11 bits per heavy atom. The molecule has 0 bridgehead atoms. The first kappa shape index (κ1) is 24.1. The number of ether oxygens (including phenoxy) is 2. The summed E-state index contributed by atoms with van der Waals surface area (Å²) in [6, 6.07) is 16.5. The van der Waals surface area contributed by atoms with Gasteiger partial charge < -0.3 is 9.47 Å². The van der Waals surface area contributed by atoms with Crippen molar-refractivity contribution in [2.45, 2.75) is 4.90 Å². The number of amides is 1. The van der Waals surface area contributed by atoms with E-state index < -0.39 is 15.9 Å². The third kappa shape index (κ3) is 5.40. The van der Waals surface area contributed by atoms with Crippen molar-refractivity contribution in [2.24, 2.45) is 10.2 Å². The van der Waals surface area contributed by atoms with Gasteiger partial charge >= 0.3 is 0 Å². The van der Waals surface area contributed by atoms with Gasteiger partial charge in [-0.05, 0) is 53.9 Å². The fraction of sp³-hybridized carbons (Fsp3) is 0.0870. The second kappa shape index (κ2) is 10.1. The Labute approximate surface area is 205 Å². The smallest absolute Gasteiger partial charge is 0.291 e. The van der Waals surface area contributed by atoms with Crippen LogP contribution in [0.1, 0.15) is 16.1 Å². The van der Waals surface area contributed by atoms with Crippen LogP contribution < -0.4 is 20.0 Å². The summed E-state index contributed by atoms with van der Waals surface area (Å²) in [7, 11) is -0.746. The molecular formula is C23H21N5O5S2. The summed E-state index contributed by atoms with van der Waals surface area (Å²) < 4.78 is 35.2. The number of hydrogen-bond acceptors (Lipinski definition) is 8. The molecule has 0 atom stereocenters. The molecule has 1 amide bonds. The highest BCUT2D eigenvalue weighted by Crippen LogP contribution is 2.28. The van der Waals surface area contributed by atoms with Crippen molar-refractivity contribution in [3.05, 3.63) is 77.3 Å². The van der Waals surface area contributed by atoms with Gasteiger partial charge in [0.05, 0.1) is 41.6 Å². The van der Waals surface area contributed by atoms with Gasteiger partial charge in [0, 0.05) is 11.6 Å². The number of thiophene rings is 1. The molecule has 0 spiro atoms. The maximum atomic E-state index is 12.8. The number of nitrogens with one attached hydrogen (secondary N) is 1. The first-order chi connectivity index (χ1) is 16.8. The number of sulfonamides is 1. The summed E-state index contributed by atoms with van der Waals surface area (Å²) in [6.45, 7) is 0. The molecule has 4 aromatic rings. The van der Waals surface area contributed by atoms with Crippen LogP contribution in [0.3, 0.4) is 0 Å². The molecule has 0 fully saturated rings. The molecule has 0 aliphatic carbocycles. The van der Waals surface area contributed by atoms with E-state index >= 15 is 0 Å². The van der Waals surface area contributed by atoms with Crippen LogP contribution in [-0.2, 0) is 10.0 Å². The van der Waals surface area contributed by atoms with E-state index in [0.717, 1.165) is 4.88 Å². The number of hydrogen-bond donors (Lipinski definition) is 2. The van der Waals surface area contributed by atoms with Crippen LogP contribution >= 0.6 is 11.3 Å². The summed E-state index contributed by atoms with van der Waals surface area (Å²) in [5.74, 6) is 0.646. The van der Waals surface area contributed by atoms with Crippen molar-refractivity contribution < 1.29 is 22.7 Å². The SMILES string of the molecule is COc1ccc(/C=N\NC(=O)c2cc(-c3cccs3)n(-c3ccc(S(N)(=O)=O)cc3)n2)c(OC)c1. The maximum Gasteiger partial charge on any atom is 0.291 e. The molecule has 4 rings (SSSR count). The summed E-state index contributed by atoms with van der Waals surface area (Å²) in [6.07, 6.45) is 1.46. The zero-order valence-electron chi connectivity index (χ0n) is 18.7. The van der Waals surface area contributed by atoms with E-state index in [1.165, 1.54) is 36.8 Å². The van der Waals surface area contributed by atoms with Gasteiger partial charge in [-0.3, -0.25) is 4.79 Å². The van der Waals surface area contributed by atoms with Gasteiger partial charge in [0.25, 0.3) is 5.91 Å². The molecule has 10 nitrogen and oxygen atoms in total. The zero-order chi connectivity index (χ0) is 25.0. The lowest BCUT2D eigenvalue weighted by atomic mass is 10.2. The van der Waals surface area contributed by atoms with Gasteiger partial charge in [0.15, 0.2) is 5.69 Å². The van der Waals surface area contributed by atoms with E-state index in [2.05, 4.69) is 15.6 Å². The molecule has 0 aliphatic heterocycles. The first-order valence-electron chi connectivity index (χ1n) is 10.1. The minimum Gasteiger partial charge on any atom is -0.497 e. The molecule has 0 aliphatic rings. The number of carbonyl (C=O) groups excluding carboxylic acids is 1. The Morgan fingerprint density at radius 3 is 2.51 bits per heavy atom.